The summed E-state index contributed by atoms with van der Waals surface area (Å²) in [5.41, 5.74) is 4.15. The summed E-state index contributed by atoms with van der Waals surface area (Å²) in [5.74, 6) is 0.0894. The van der Waals surface area contributed by atoms with Crippen LogP contribution in [0.3, 0.4) is 0 Å². The molecule has 0 aromatic heterocycles. The number of ketones is 1. The lowest BCUT2D eigenvalue weighted by Gasteiger charge is -2.32. The fraction of sp³-hybridized carbons (Fsp3) is 0.0500. The van der Waals surface area contributed by atoms with Gasteiger partial charge in [-0.25, -0.2) is 0 Å². The predicted molar refractivity (Wildman–Crippen MR) is 95.3 cm³/mol. The summed E-state index contributed by atoms with van der Waals surface area (Å²) >= 11 is 1.79. The molecule has 23 heavy (non-hydrogen) atoms. The first-order valence-corrected chi connectivity index (χ1v) is 8.33. The highest BCUT2D eigenvalue weighted by molar-refractivity contribution is 7.99. The molecule has 3 aromatic carbocycles. The number of carbonyl (C=O) groups is 1. The second-order valence-corrected chi connectivity index (χ2v) is 6.56. The lowest BCUT2D eigenvalue weighted by atomic mass is 10.1. The molecule has 0 amide bonds. The van der Waals surface area contributed by atoms with Crippen molar-refractivity contribution in [1.82, 2.24) is 0 Å². The number of hydrogen-bond acceptors (Lipinski definition) is 3. The summed E-state index contributed by atoms with van der Waals surface area (Å²) in [6.07, 6.45) is 0. The third-order valence-corrected chi connectivity index (χ3v) is 5.09. The van der Waals surface area contributed by atoms with Crippen LogP contribution >= 0.6 is 11.8 Å². The molecule has 0 saturated carbocycles. The van der Waals surface area contributed by atoms with Gasteiger partial charge in [-0.1, -0.05) is 36.0 Å². The van der Waals surface area contributed by atoms with Crippen molar-refractivity contribution in [2.75, 3.05) is 4.90 Å². The molecule has 3 aromatic rings. The summed E-state index contributed by atoms with van der Waals surface area (Å²) in [4.78, 5) is 16.2. The lowest BCUT2D eigenvalue weighted by Crippen LogP contribution is -2.14. The minimum absolute atomic E-state index is 0.0894. The van der Waals surface area contributed by atoms with Gasteiger partial charge in [0.15, 0.2) is 5.78 Å². The fourth-order valence-electron chi connectivity index (χ4n) is 2.83. The quantitative estimate of drug-likeness (QED) is 0.434. The molecule has 3 heteroatoms. The van der Waals surface area contributed by atoms with Crippen molar-refractivity contribution in [3.8, 4) is 0 Å². The van der Waals surface area contributed by atoms with Crippen LogP contribution in [0.25, 0.3) is 0 Å². The van der Waals surface area contributed by atoms with Crippen molar-refractivity contribution in [2.24, 2.45) is 0 Å². The predicted octanol–water partition coefficient (Wildman–Crippen LogP) is 5.82. The molecular weight excluding hydrogens is 302 g/mol. The second kappa shape index (κ2) is 5.60. The van der Waals surface area contributed by atoms with Crippen molar-refractivity contribution in [3.05, 3.63) is 78.4 Å². The average Bonchev–Trinajstić information content (AvgIpc) is 2.59. The highest BCUT2D eigenvalue weighted by atomic mass is 32.2. The molecule has 0 fully saturated rings. The molecule has 0 spiro atoms. The highest BCUT2D eigenvalue weighted by Gasteiger charge is 2.23. The average molecular weight is 317 g/mol. The molecule has 2 nitrogen and oxygen atoms in total. The van der Waals surface area contributed by atoms with Crippen molar-refractivity contribution in [2.45, 2.75) is 16.7 Å². The normalized spacial score (nSPS) is 12.5. The third-order valence-electron chi connectivity index (χ3n) is 3.96. The Morgan fingerprint density at radius 2 is 1.30 bits per heavy atom. The van der Waals surface area contributed by atoms with Gasteiger partial charge < -0.3 is 4.90 Å². The molecule has 0 radical (unpaired) electrons. The van der Waals surface area contributed by atoms with Crippen LogP contribution in [0, 0.1) is 0 Å². The minimum atomic E-state index is 0.0894. The summed E-state index contributed by atoms with van der Waals surface area (Å²) in [7, 11) is 0. The molecule has 0 N–H and O–H groups in total. The van der Waals surface area contributed by atoms with Crippen LogP contribution in [-0.2, 0) is 0 Å². The molecule has 0 saturated heterocycles. The zero-order valence-corrected chi connectivity index (χ0v) is 13.5. The molecule has 112 valence electrons. The Labute approximate surface area is 139 Å². The number of para-hydroxylation sites is 2. The Morgan fingerprint density at radius 3 is 1.83 bits per heavy atom. The SMILES string of the molecule is CC(=O)c1ccc(N2c3ccccc3Sc3ccccc32)cc1. The van der Waals surface area contributed by atoms with E-state index in [1.54, 1.807) is 18.7 Å². The number of Topliss-reactive ketones (excluding diaryl/α,β-unsaturated/α-hetero) is 1. The summed E-state index contributed by atoms with van der Waals surface area (Å²) in [5, 5.41) is 0. The van der Waals surface area contributed by atoms with E-state index < -0.39 is 0 Å². The highest BCUT2D eigenvalue weighted by Crippen LogP contribution is 2.50. The minimum Gasteiger partial charge on any atom is -0.308 e. The van der Waals surface area contributed by atoms with Gasteiger partial charge in [0.05, 0.1) is 11.4 Å². The molecule has 1 heterocycles. The van der Waals surface area contributed by atoms with Crippen LogP contribution in [-0.4, -0.2) is 5.78 Å². The van der Waals surface area contributed by atoms with E-state index in [1.807, 2.05) is 24.3 Å². The number of benzene rings is 3. The van der Waals surface area contributed by atoms with Gasteiger partial charge in [0.2, 0.25) is 0 Å². The lowest BCUT2D eigenvalue weighted by molar-refractivity contribution is 0.101. The van der Waals surface area contributed by atoms with Gasteiger partial charge in [-0.15, -0.1) is 0 Å². The van der Waals surface area contributed by atoms with E-state index in [-0.39, 0.29) is 5.78 Å². The van der Waals surface area contributed by atoms with E-state index in [0.29, 0.717) is 0 Å². The number of anilines is 3. The number of carbonyl (C=O) groups excluding carboxylic acids is 1. The Bertz CT molecular complexity index is 841. The second-order valence-electron chi connectivity index (χ2n) is 5.48. The number of fused-ring (bicyclic) bond motifs is 2. The van der Waals surface area contributed by atoms with Crippen LogP contribution in [0.2, 0.25) is 0 Å². The zero-order chi connectivity index (χ0) is 15.8. The first-order chi connectivity index (χ1) is 11.2. The maximum Gasteiger partial charge on any atom is 0.159 e. The fourth-order valence-corrected chi connectivity index (χ4v) is 3.89. The van der Waals surface area contributed by atoms with E-state index in [2.05, 4.69) is 53.4 Å². The summed E-state index contributed by atoms with van der Waals surface area (Å²) in [6, 6.07) is 24.6. The van der Waals surface area contributed by atoms with E-state index in [9.17, 15) is 4.79 Å². The Hall–Kier alpha value is -2.52. The van der Waals surface area contributed by atoms with Crippen molar-refractivity contribution < 1.29 is 4.79 Å². The number of rotatable bonds is 2. The van der Waals surface area contributed by atoms with Gasteiger partial charge >= 0.3 is 0 Å². The van der Waals surface area contributed by atoms with Crippen molar-refractivity contribution in [1.29, 1.82) is 0 Å². The van der Waals surface area contributed by atoms with Gasteiger partial charge in [-0.3, -0.25) is 4.79 Å². The standard InChI is InChI=1S/C20H15NOS/c1-14(22)15-10-12-16(13-11-15)21-17-6-2-4-8-19(17)23-20-9-5-3-7-18(20)21/h2-13H,1H3. The van der Waals surface area contributed by atoms with Crippen LogP contribution in [0.1, 0.15) is 17.3 Å². The van der Waals surface area contributed by atoms with E-state index in [0.717, 1.165) is 11.3 Å². The van der Waals surface area contributed by atoms with Gasteiger partial charge in [-0.05, 0) is 55.5 Å². The topological polar surface area (TPSA) is 20.3 Å². The first kappa shape index (κ1) is 14.1. The maximum absolute atomic E-state index is 11.5. The van der Waals surface area contributed by atoms with E-state index in [1.165, 1.54) is 21.2 Å². The van der Waals surface area contributed by atoms with Crippen molar-refractivity contribution in [3.63, 3.8) is 0 Å². The molecule has 1 aliphatic heterocycles. The third kappa shape index (κ3) is 2.43. The van der Waals surface area contributed by atoms with E-state index in [4.69, 9.17) is 0 Å². The summed E-state index contributed by atoms with van der Waals surface area (Å²) in [6.45, 7) is 1.59. The molecule has 0 unspecified atom stereocenters. The zero-order valence-electron chi connectivity index (χ0n) is 12.7. The molecule has 0 aliphatic carbocycles. The number of nitrogens with zero attached hydrogens (tertiary/aromatic N) is 1. The summed E-state index contributed by atoms with van der Waals surface area (Å²) < 4.78 is 0. The molecule has 4 rings (SSSR count). The maximum atomic E-state index is 11.5. The van der Waals surface area contributed by atoms with Crippen LogP contribution in [0.4, 0.5) is 17.1 Å². The molecule has 1 aliphatic rings. The smallest absolute Gasteiger partial charge is 0.159 e. The van der Waals surface area contributed by atoms with E-state index >= 15 is 0 Å². The van der Waals surface area contributed by atoms with Crippen LogP contribution < -0.4 is 4.90 Å². The van der Waals surface area contributed by atoms with Crippen LogP contribution in [0.5, 0.6) is 0 Å². The monoisotopic (exact) mass is 317 g/mol. The van der Waals surface area contributed by atoms with Crippen molar-refractivity contribution >= 4 is 34.6 Å². The molecule has 0 atom stereocenters. The Morgan fingerprint density at radius 1 is 0.783 bits per heavy atom. The first-order valence-electron chi connectivity index (χ1n) is 7.51. The molecular formula is C20H15NOS. The largest absolute Gasteiger partial charge is 0.308 e. The van der Waals surface area contributed by atoms with Gasteiger partial charge in [-0.2, -0.15) is 0 Å². The Balaban J connectivity index is 1.89. The van der Waals surface area contributed by atoms with Crippen LogP contribution in [0.15, 0.2) is 82.6 Å². The van der Waals surface area contributed by atoms with Gasteiger partial charge in [0, 0.05) is 21.0 Å². The Kier molecular flexibility index (Phi) is 3.43. The molecule has 0 bridgehead atoms. The number of hydrogen-bond donors (Lipinski definition) is 0. The van der Waals surface area contributed by atoms with Gasteiger partial charge in [0.25, 0.3) is 0 Å². The van der Waals surface area contributed by atoms with Gasteiger partial charge in [0.1, 0.15) is 0 Å².